The first-order valence-corrected chi connectivity index (χ1v) is 46.8. The summed E-state index contributed by atoms with van der Waals surface area (Å²) < 4.78 is 137. The zero-order valence-electron chi connectivity index (χ0n) is 76.0. The molecule has 4 aliphatic heterocycles. The summed E-state index contributed by atoms with van der Waals surface area (Å²) in [7, 11) is 2.81. The molecule has 0 radical (unpaired) electrons. The first-order valence-electron chi connectivity index (χ1n) is 42.1. The molecule has 4 aliphatic rings. The molecule has 4 saturated heterocycles. The third-order valence-electron chi connectivity index (χ3n) is 22.7. The number of aromatic hydroxyl groups is 1. The smallest absolute Gasteiger partial charge is 0.870 e. The van der Waals surface area contributed by atoms with Crippen molar-refractivity contribution in [2.45, 2.75) is 92.4 Å². The summed E-state index contributed by atoms with van der Waals surface area (Å²) in [5.41, 5.74) is -1.21. The molecule has 0 aliphatic carbocycles. The molecule has 41 heteroatoms. The van der Waals surface area contributed by atoms with Gasteiger partial charge in [0.15, 0.2) is 23.3 Å². The number of hydrogen-bond acceptors (Lipinski definition) is 21. The molecule has 0 spiro atoms. The number of methoxy groups -OCH3 is 2. The maximum atomic E-state index is 15.9. The number of halogens is 16. The number of phenols is 1. The Morgan fingerprint density at radius 3 is 0.905 bits per heavy atom. The summed E-state index contributed by atoms with van der Waals surface area (Å²) in [5, 5.41) is 11.3. The molecule has 23 nitrogen and oxygen atoms in total. The molecular weight excluding hydrogens is 2080 g/mol. The summed E-state index contributed by atoms with van der Waals surface area (Å²) in [5.74, 6) is -3.10. The van der Waals surface area contributed by atoms with Gasteiger partial charge in [0, 0.05) is 126 Å². The molecule has 4 fully saturated rings. The van der Waals surface area contributed by atoms with E-state index in [1.807, 2.05) is 37.5 Å². The molecule has 8 atom stereocenters. The van der Waals surface area contributed by atoms with Crippen molar-refractivity contribution in [3.05, 3.63) is 240 Å². The van der Waals surface area contributed by atoms with E-state index in [2.05, 4.69) is 151 Å². The number of anilines is 4. The van der Waals surface area contributed by atoms with Crippen molar-refractivity contribution >= 4 is 198 Å². The topological polar surface area (TPSA) is 269 Å². The molecule has 716 valence electrons. The van der Waals surface area contributed by atoms with Gasteiger partial charge in [-0.15, -0.1) is 47.3 Å². The Hall–Kier alpha value is -10.3. The van der Waals surface area contributed by atoms with Gasteiger partial charge in [-0.1, -0.05) is 125 Å². The number of phenolic OH excluding ortho intramolecular Hbond substituents is 1. The second-order valence-corrected chi connectivity index (χ2v) is 41.1. The van der Waals surface area contributed by atoms with E-state index in [4.69, 9.17) is 72.2 Å². The SMILES string of the molecule is BrB(Br)Br.C=CC(=O)Cl.C=CC(=O)N1[C@H](C)CN(c2ncnc3c(F)c(-c4c(O)cccc4F)c(Cl)cc23)C[C@@H]1C.C=CC(=O)Oc1cccc(F)c1-c1c(Cl)cc2c(N3C[C@@H](C)N(C(=O)C=C)[C@@H](C)C3)ncnc2c1F.COc1cccc(F)c1-c1c(Cl)cc2c(N3C[C@H](C)C[C@H](C)C3)ncnc2c1F.COc1cccc(F)c1-c1c(Cl)cc2c(N3C[C@H](C)C[C@H](C)C3)ncnc2c1F.[Li+].[OH-]. The van der Waals surface area contributed by atoms with Gasteiger partial charge >= 0.3 is 28.0 Å². The van der Waals surface area contributed by atoms with Crippen LogP contribution < -0.4 is 52.7 Å². The number of carbonyl (C=O) groups is 4. The number of benzene rings is 8. The fourth-order valence-corrected chi connectivity index (χ4v) is 18.9. The quantitative estimate of drug-likeness (QED) is 0.0249. The van der Waals surface area contributed by atoms with E-state index in [9.17, 15) is 41.8 Å². The van der Waals surface area contributed by atoms with Crippen LogP contribution >= 0.6 is 105 Å². The van der Waals surface area contributed by atoms with Crippen molar-refractivity contribution in [3.8, 4) is 67.5 Å². The average molecular weight is 2170 g/mol. The predicted octanol–water partition coefficient (Wildman–Crippen LogP) is 20.8. The standard InChI is InChI=1S/C26H23ClF2N4O3.C23H21ClF2N4O2.2C22H22ClF2N3O.C3H3ClO.BBr3.Li.H2O/c1-5-20(34)33-14(3)11-32(12-15(33)4)26-16-10-17(27)22(24(29)25(16)30-13-31-26)23-18(28)8-7-9-19(23)36-21(35)6-2;1-4-18(32)30-12(2)9-29(10-13(30)3)23-14-8-15(24)19(21(26)22(14)27-11-28-23)20-16(25)6-5-7-17(20)31;2*1-12-7-13(2)10-28(9-12)22-14-8-15(23)18(20(25)21(14)26-11-27-22)19-16(24)5-4-6-17(19)29-3;1-2-3(4)5;2-1(3)4;;/h5-10,13-15H,1-2,11-12H2,3-4H3;4-8,11-13,31H,1,9-10H2,2-3H3;2*4-6,8,11-13H,7,9-10H2,1-3H3;2H,1H2;;;1H2/q;;;;;;+1;/p-1/t14-,15+;3*12-,13+;;;;. The van der Waals surface area contributed by atoms with Crippen molar-refractivity contribution in [2.24, 2.45) is 23.7 Å². The van der Waals surface area contributed by atoms with E-state index in [0.29, 0.717) is 94.7 Å². The van der Waals surface area contributed by atoms with Crippen molar-refractivity contribution in [1.82, 2.24) is 49.7 Å². The largest absolute Gasteiger partial charge is 1.00 e. The summed E-state index contributed by atoms with van der Waals surface area (Å²) >= 11 is 39.9. The molecule has 2 N–H and O–H groups in total. The number of allylic oxidation sites excluding steroid dienone is 1. The molecule has 8 heterocycles. The van der Waals surface area contributed by atoms with Crippen LogP contribution in [0.25, 0.3) is 88.1 Å². The second-order valence-electron chi connectivity index (χ2n) is 32.6. The van der Waals surface area contributed by atoms with Gasteiger partial charge in [-0.25, -0.2) is 79.8 Å². The minimum atomic E-state index is -0.885. The number of amides is 2. The molecule has 137 heavy (non-hydrogen) atoms. The van der Waals surface area contributed by atoms with Crippen LogP contribution in [-0.2, 0) is 19.2 Å². The van der Waals surface area contributed by atoms with Crippen molar-refractivity contribution in [2.75, 3.05) is 86.2 Å². The van der Waals surface area contributed by atoms with Crippen LogP contribution in [0.4, 0.5) is 58.4 Å². The van der Waals surface area contributed by atoms with E-state index >= 15 is 17.6 Å². The number of piperidine rings is 2. The Morgan fingerprint density at radius 2 is 0.650 bits per heavy atom. The molecule has 16 rings (SSSR count). The van der Waals surface area contributed by atoms with Gasteiger partial charge in [0.2, 0.25) is 17.1 Å². The monoisotopic (exact) mass is 2170 g/mol. The van der Waals surface area contributed by atoms with Crippen LogP contribution in [0.5, 0.6) is 23.0 Å². The molecule has 12 aromatic rings. The Kier molecular flexibility index (Phi) is 39.5. The third-order valence-corrected chi connectivity index (χ3v) is 24.1. The maximum absolute atomic E-state index is 15.9. The van der Waals surface area contributed by atoms with E-state index in [1.54, 1.807) is 34.1 Å². The van der Waals surface area contributed by atoms with Gasteiger partial charge in [-0.2, -0.15) is 0 Å². The molecule has 4 aromatic heterocycles. The summed E-state index contributed by atoms with van der Waals surface area (Å²) in [6.07, 6.45) is 12.0. The van der Waals surface area contributed by atoms with E-state index in [0.717, 1.165) is 63.3 Å². The molecule has 8 aromatic carbocycles. The number of rotatable bonds is 15. The summed E-state index contributed by atoms with van der Waals surface area (Å²) in [4.78, 5) is 91.4. The second kappa shape index (κ2) is 49.0. The van der Waals surface area contributed by atoms with Gasteiger partial charge in [-0.05, 0) is 167 Å². The zero-order chi connectivity index (χ0) is 98.6. The normalized spacial score (nSPS) is 17.8. The Bertz CT molecular complexity index is 6310. The molecular formula is C96H92BBr3Cl5F8LiN14O9. The van der Waals surface area contributed by atoms with Crippen LogP contribution in [0.15, 0.2) is 173 Å². The minimum absolute atomic E-state index is 0. The number of esters is 1. The molecule has 0 saturated carbocycles. The Labute approximate surface area is 848 Å². The fourth-order valence-electron chi connectivity index (χ4n) is 17.7. The van der Waals surface area contributed by atoms with Crippen LogP contribution in [0.2, 0.25) is 20.1 Å². The number of nitrogens with zero attached hydrogens (tertiary/aromatic N) is 14. The number of fused-ring (bicyclic) bond motifs is 4. The van der Waals surface area contributed by atoms with E-state index < -0.39 is 63.5 Å². The number of ether oxygens (including phenoxy) is 3. The van der Waals surface area contributed by atoms with Gasteiger partial charge in [0.25, 0.3) is 0 Å². The van der Waals surface area contributed by atoms with Crippen molar-refractivity contribution in [3.63, 3.8) is 0 Å². The van der Waals surface area contributed by atoms with Gasteiger partial charge < -0.3 is 54.2 Å². The number of aromatic nitrogens is 8. The van der Waals surface area contributed by atoms with Gasteiger partial charge in [-0.3, -0.25) is 14.4 Å². The van der Waals surface area contributed by atoms with Crippen LogP contribution in [0.1, 0.15) is 68.2 Å². The first-order chi connectivity index (χ1) is 64.2. The van der Waals surface area contributed by atoms with Crippen molar-refractivity contribution < 1.29 is 98.0 Å². The Morgan fingerprint density at radius 1 is 0.401 bits per heavy atom. The Balaban J connectivity index is 0.000000198. The van der Waals surface area contributed by atoms with Crippen LogP contribution in [-0.4, -0.2) is 177 Å². The summed E-state index contributed by atoms with van der Waals surface area (Å²) in [6.45, 7) is 35.1. The molecule has 2 amide bonds. The molecule has 0 unspecified atom stereocenters. The van der Waals surface area contributed by atoms with Gasteiger partial charge in [0.1, 0.15) is 117 Å². The number of hydrogen-bond donors (Lipinski definition) is 1. The maximum Gasteiger partial charge on any atom is 1.00 e. The molecule has 0 bridgehead atoms. The fraction of sp³-hybridized carbons (Fsp3) is 0.292. The first kappa shape index (κ1) is 110. The third kappa shape index (κ3) is 24.9. The van der Waals surface area contributed by atoms with Crippen molar-refractivity contribution in [1.29, 1.82) is 0 Å². The minimum Gasteiger partial charge on any atom is -0.870 e. The summed E-state index contributed by atoms with van der Waals surface area (Å²) in [6, 6.07) is 21.7. The van der Waals surface area contributed by atoms with Gasteiger partial charge in [0.05, 0.1) is 56.6 Å². The van der Waals surface area contributed by atoms with E-state index in [-0.39, 0.29) is 167 Å². The average Bonchev–Trinajstić information content (AvgIpc) is 0.765. The predicted molar refractivity (Wildman–Crippen MR) is 532 cm³/mol. The number of carbonyl (C=O) groups excluding carboxylic acids is 4. The zero-order valence-corrected chi connectivity index (χ0v) is 84.6. The van der Waals surface area contributed by atoms with Crippen LogP contribution in [0, 0.1) is 70.2 Å². The van der Waals surface area contributed by atoms with E-state index in [1.165, 1.54) is 112 Å². The van der Waals surface area contributed by atoms with Crippen LogP contribution in [0.3, 0.4) is 0 Å². The number of piperazine rings is 2.